The molecule has 218 valence electrons. The minimum Gasteiger partial charge on any atom is -0.458 e. The first-order valence-electron chi connectivity index (χ1n) is 14.6. The van der Waals surface area contributed by atoms with Gasteiger partial charge in [0.15, 0.2) is 17.1 Å². The van der Waals surface area contributed by atoms with Crippen molar-refractivity contribution in [3.63, 3.8) is 0 Å². The lowest BCUT2D eigenvalue weighted by atomic mass is 9.89. The summed E-state index contributed by atoms with van der Waals surface area (Å²) in [5, 5.41) is 21.5. The van der Waals surface area contributed by atoms with E-state index in [1.807, 2.05) is 22.6 Å². The van der Waals surface area contributed by atoms with E-state index in [1.54, 1.807) is 6.08 Å². The molecule has 11 nitrogen and oxygen atoms in total. The van der Waals surface area contributed by atoms with Crippen molar-refractivity contribution in [3.8, 4) is 11.5 Å². The lowest BCUT2D eigenvalue weighted by molar-refractivity contribution is -0.127. The third kappa shape index (κ3) is 5.12. The van der Waals surface area contributed by atoms with E-state index in [0.29, 0.717) is 49.3 Å². The quantitative estimate of drug-likeness (QED) is 0.402. The molecule has 0 aromatic carbocycles. The van der Waals surface area contributed by atoms with Gasteiger partial charge in [-0.05, 0) is 46.0 Å². The number of rotatable bonds is 5. The molecule has 0 spiro atoms. The molecule has 0 bridgehead atoms. The molecule has 0 radical (unpaired) electrons. The van der Waals surface area contributed by atoms with Gasteiger partial charge in [0.1, 0.15) is 11.5 Å². The Bertz CT molecular complexity index is 1580. The van der Waals surface area contributed by atoms with Gasteiger partial charge in [0.25, 0.3) is 5.56 Å². The molecule has 3 aromatic heterocycles. The van der Waals surface area contributed by atoms with E-state index in [0.717, 1.165) is 49.2 Å². The van der Waals surface area contributed by atoms with E-state index in [4.69, 9.17) is 15.2 Å². The number of aliphatic hydroxyl groups is 1. The van der Waals surface area contributed by atoms with Gasteiger partial charge in [-0.3, -0.25) is 19.2 Å². The largest absolute Gasteiger partial charge is 0.458 e. The summed E-state index contributed by atoms with van der Waals surface area (Å²) in [4.78, 5) is 29.8. The standard InChI is InChI=1S/C30H39N7O4/c1-17-15-18(2)27-22(16-17)19(3)28(41-27)26-24-25(30(40)33-32-29(24)31)34-37(26)20-6-13-36(14-7-20)23(39)5-4-10-35-11-8-21(38)9-12-35/h4-5,16,18,20-21,38H,6-15H2,1-3H3,(H2,31,32)(H,33,40)/b5-4+. The van der Waals surface area contributed by atoms with Gasteiger partial charge in [-0.2, -0.15) is 10.2 Å². The van der Waals surface area contributed by atoms with E-state index >= 15 is 0 Å². The average Bonchev–Trinajstić information content (AvgIpc) is 3.51. The minimum absolute atomic E-state index is 0.00179. The van der Waals surface area contributed by atoms with Gasteiger partial charge in [-0.1, -0.05) is 24.6 Å². The van der Waals surface area contributed by atoms with Crippen molar-refractivity contribution in [3.05, 3.63) is 45.0 Å². The van der Waals surface area contributed by atoms with Gasteiger partial charge in [0.05, 0.1) is 17.5 Å². The normalized spacial score (nSPS) is 21.1. The van der Waals surface area contributed by atoms with Crippen LogP contribution in [0.3, 0.4) is 0 Å². The molecule has 5 heterocycles. The van der Waals surface area contributed by atoms with Crippen LogP contribution in [-0.2, 0) is 4.79 Å². The Morgan fingerprint density at radius 3 is 2.66 bits per heavy atom. The second-order valence-electron chi connectivity index (χ2n) is 11.9. The van der Waals surface area contributed by atoms with Gasteiger partial charge < -0.3 is 20.2 Å². The number of furan rings is 1. The number of nitrogen functional groups attached to an aromatic ring is 1. The number of anilines is 1. The third-order valence-electron chi connectivity index (χ3n) is 8.87. The first kappa shape index (κ1) is 27.5. The topological polar surface area (TPSA) is 147 Å². The highest BCUT2D eigenvalue weighted by Gasteiger charge is 2.33. The summed E-state index contributed by atoms with van der Waals surface area (Å²) in [6, 6.07) is -0.0414. The van der Waals surface area contributed by atoms with E-state index in [9.17, 15) is 14.7 Å². The summed E-state index contributed by atoms with van der Waals surface area (Å²) >= 11 is 0. The second-order valence-corrected chi connectivity index (χ2v) is 11.9. The number of carbonyl (C=O) groups excluding carboxylic acids is 1. The molecule has 2 saturated heterocycles. The number of allylic oxidation sites excluding steroid dienone is 1. The van der Waals surface area contributed by atoms with Crippen LogP contribution >= 0.6 is 0 Å². The number of carbonyl (C=O) groups is 1. The molecule has 1 atom stereocenters. The molecule has 3 aromatic rings. The number of piperidine rings is 2. The average molecular weight is 562 g/mol. The van der Waals surface area contributed by atoms with E-state index in [2.05, 4.69) is 35.0 Å². The van der Waals surface area contributed by atoms with Crippen LogP contribution < -0.4 is 11.3 Å². The van der Waals surface area contributed by atoms with Crippen molar-refractivity contribution in [1.29, 1.82) is 0 Å². The maximum Gasteiger partial charge on any atom is 0.292 e. The molecule has 41 heavy (non-hydrogen) atoms. The Hall–Kier alpha value is -3.70. The van der Waals surface area contributed by atoms with Crippen molar-refractivity contribution in [2.24, 2.45) is 0 Å². The molecule has 1 aliphatic carbocycles. The zero-order valence-corrected chi connectivity index (χ0v) is 24.0. The summed E-state index contributed by atoms with van der Waals surface area (Å²) in [6.07, 6.45) is 9.43. The van der Waals surface area contributed by atoms with E-state index in [-0.39, 0.29) is 35.3 Å². The van der Waals surface area contributed by atoms with Crippen molar-refractivity contribution in [2.45, 2.75) is 70.9 Å². The number of aromatic amines is 1. The number of hydrogen-bond acceptors (Lipinski definition) is 8. The second kappa shape index (κ2) is 10.9. The van der Waals surface area contributed by atoms with Crippen LogP contribution in [0.5, 0.6) is 0 Å². The lowest BCUT2D eigenvalue weighted by Crippen LogP contribution is -2.39. The third-order valence-corrected chi connectivity index (χ3v) is 8.87. The fourth-order valence-electron chi connectivity index (χ4n) is 6.58. The maximum absolute atomic E-state index is 12.9. The molecule has 11 heteroatoms. The highest BCUT2D eigenvalue weighted by Crippen LogP contribution is 2.44. The summed E-state index contributed by atoms with van der Waals surface area (Å²) in [5.74, 6) is 2.06. The smallest absolute Gasteiger partial charge is 0.292 e. The molecule has 1 amide bonds. The summed E-state index contributed by atoms with van der Waals surface area (Å²) in [7, 11) is 0. The molecular formula is C30H39N7O4. The van der Waals surface area contributed by atoms with Gasteiger partial charge >= 0.3 is 0 Å². The van der Waals surface area contributed by atoms with Crippen LogP contribution in [0.25, 0.3) is 28.4 Å². The van der Waals surface area contributed by atoms with Crippen molar-refractivity contribution in [1.82, 2.24) is 29.8 Å². The van der Waals surface area contributed by atoms with E-state index < -0.39 is 5.56 Å². The Balaban J connectivity index is 1.26. The Kier molecular flexibility index (Phi) is 7.33. The molecule has 1 unspecified atom stereocenters. The molecule has 4 N–H and O–H groups in total. The highest BCUT2D eigenvalue weighted by atomic mass is 16.3. The van der Waals surface area contributed by atoms with Gasteiger partial charge in [0, 0.05) is 55.8 Å². The molecule has 3 aliphatic rings. The Morgan fingerprint density at radius 1 is 1.20 bits per heavy atom. The SMILES string of the molecule is CC1=Cc2c(oc(-c3c4c(N)n[nH]c(=O)c4nn3C3CCN(C(=O)/C=C/CN4CCC(O)CC4)CC3)c2C)C(C)C1. The highest BCUT2D eigenvalue weighted by molar-refractivity contribution is 5.99. The van der Waals surface area contributed by atoms with Crippen LogP contribution in [0.2, 0.25) is 0 Å². The summed E-state index contributed by atoms with van der Waals surface area (Å²) in [5.41, 5.74) is 10.2. The molecular weight excluding hydrogens is 522 g/mol. The predicted octanol–water partition coefficient (Wildman–Crippen LogP) is 3.36. The predicted molar refractivity (Wildman–Crippen MR) is 157 cm³/mol. The Labute approximate surface area is 238 Å². The van der Waals surface area contributed by atoms with E-state index in [1.165, 1.54) is 5.57 Å². The van der Waals surface area contributed by atoms with Crippen LogP contribution in [-0.4, -0.2) is 79.6 Å². The number of nitrogens with two attached hydrogens (primary N) is 1. The lowest BCUT2D eigenvalue weighted by Gasteiger charge is -2.32. The van der Waals surface area contributed by atoms with Crippen LogP contribution in [0.1, 0.15) is 74.8 Å². The maximum atomic E-state index is 12.9. The number of fused-ring (bicyclic) bond motifs is 2. The monoisotopic (exact) mass is 561 g/mol. The Morgan fingerprint density at radius 2 is 1.93 bits per heavy atom. The van der Waals surface area contributed by atoms with Crippen LogP contribution in [0.15, 0.2) is 26.9 Å². The minimum atomic E-state index is -0.395. The number of aromatic nitrogens is 4. The zero-order valence-electron chi connectivity index (χ0n) is 24.0. The number of hydrogen-bond donors (Lipinski definition) is 3. The van der Waals surface area contributed by atoms with Crippen LogP contribution in [0, 0.1) is 6.92 Å². The number of H-pyrrole nitrogens is 1. The van der Waals surface area contributed by atoms with Gasteiger partial charge in [-0.15, -0.1) is 0 Å². The molecule has 2 aliphatic heterocycles. The van der Waals surface area contributed by atoms with Gasteiger partial charge in [0.2, 0.25) is 5.91 Å². The fourth-order valence-corrected chi connectivity index (χ4v) is 6.58. The molecule has 6 rings (SSSR count). The first-order valence-corrected chi connectivity index (χ1v) is 14.6. The van der Waals surface area contributed by atoms with Gasteiger partial charge in [-0.25, -0.2) is 5.10 Å². The fraction of sp³-hybridized carbons (Fsp3) is 0.533. The molecule has 2 fully saturated rings. The number of amides is 1. The number of nitrogens with zero attached hydrogens (tertiary/aromatic N) is 5. The number of aliphatic hydroxyl groups excluding tert-OH is 1. The number of nitrogens with one attached hydrogen (secondary N) is 1. The summed E-state index contributed by atoms with van der Waals surface area (Å²) in [6.45, 7) is 9.90. The van der Waals surface area contributed by atoms with Crippen molar-refractivity contribution < 1.29 is 14.3 Å². The zero-order chi connectivity index (χ0) is 28.8. The van der Waals surface area contributed by atoms with Crippen LogP contribution in [0.4, 0.5) is 5.82 Å². The number of likely N-dealkylation sites (tertiary alicyclic amines) is 2. The molecule has 0 saturated carbocycles. The summed E-state index contributed by atoms with van der Waals surface area (Å²) < 4.78 is 8.43. The first-order chi connectivity index (χ1) is 19.7. The van der Waals surface area contributed by atoms with Crippen molar-refractivity contribution in [2.75, 3.05) is 38.5 Å². The van der Waals surface area contributed by atoms with Crippen molar-refractivity contribution >= 4 is 28.7 Å².